The van der Waals surface area contributed by atoms with Gasteiger partial charge in [0.1, 0.15) is 13.2 Å². The zero-order chi connectivity index (χ0) is 11.2. The van der Waals surface area contributed by atoms with Crippen molar-refractivity contribution in [2.45, 2.75) is 0 Å². The number of hydrogen-bond acceptors (Lipinski definition) is 4. The molecule has 0 radical (unpaired) electrons. The first-order chi connectivity index (χ1) is 6.27. The molecule has 1 unspecified atom stereocenters. The van der Waals surface area contributed by atoms with Crippen molar-refractivity contribution < 1.29 is 27.7 Å². The third-order valence-corrected chi connectivity index (χ3v) is 2.29. The molecule has 0 saturated heterocycles. The molecule has 0 rings (SSSR count). The van der Waals surface area contributed by atoms with Gasteiger partial charge in [-0.25, -0.2) is 4.57 Å². The van der Waals surface area contributed by atoms with Crippen LogP contribution in [-0.2, 0) is 18.3 Å². The zero-order valence-electron chi connectivity index (χ0n) is 9.10. The van der Waals surface area contributed by atoms with E-state index < -0.39 is 7.82 Å². The molecule has 0 aromatic carbocycles. The fraction of sp³-hybridized carbons (Fsp3) is 1.00. The largest absolute Gasteiger partial charge is 0.474 e. The minimum atomic E-state index is -3.93. The van der Waals surface area contributed by atoms with Crippen molar-refractivity contribution >= 4 is 7.82 Å². The first-order valence-corrected chi connectivity index (χ1v) is 5.68. The van der Waals surface area contributed by atoms with Crippen molar-refractivity contribution in [3.8, 4) is 0 Å². The van der Waals surface area contributed by atoms with Gasteiger partial charge < -0.3 is 14.1 Å². The monoisotopic (exact) mass is 228 g/mol. The van der Waals surface area contributed by atoms with E-state index in [-0.39, 0.29) is 13.4 Å². The molecule has 6 nitrogen and oxygen atoms in total. The molecule has 14 heavy (non-hydrogen) atoms. The van der Waals surface area contributed by atoms with Gasteiger partial charge in [0.05, 0.1) is 21.1 Å². The van der Waals surface area contributed by atoms with Crippen molar-refractivity contribution in [3.05, 3.63) is 0 Å². The predicted octanol–water partition coefficient (Wildman–Crippen LogP) is 0.430. The van der Waals surface area contributed by atoms with Crippen LogP contribution in [0.3, 0.4) is 0 Å². The molecule has 0 heterocycles. The number of methoxy groups -OCH3 is 1. The van der Waals surface area contributed by atoms with Crippen molar-refractivity contribution in [2.75, 3.05) is 48.2 Å². The average molecular weight is 228 g/mol. The topological polar surface area (TPSA) is 65.0 Å². The lowest BCUT2D eigenvalue weighted by molar-refractivity contribution is -0.870. The van der Waals surface area contributed by atoms with Gasteiger partial charge in [-0.3, -0.25) is 9.05 Å². The molecule has 0 aromatic heterocycles. The molecule has 0 saturated carbocycles. The summed E-state index contributed by atoms with van der Waals surface area (Å²) in [5.41, 5.74) is 0. The Labute approximate surface area is 84.6 Å². The van der Waals surface area contributed by atoms with Crippen LogP contribution in [0.5, 0.6) is 0 Å². The Hall–Kier alpha value is 0.0300. The van der Waals surface area contributed by atoms with Crippen LogP contribution in [0.2, 0.25) is 0 Å². The summed E-state index contributed by atoms with van der Waals surface area (Å²) in [6.45, 7) is 0.542. The Morgan fingerprint density at radius 1 is 1.29 bits per heavy atom. The van der Waals surface area contributed by atoms with Crippen LogP contribution in [0.15, 0.2) is 0 Å². The highest BCUT2D eigenvalue weighted by atomic mass is 31.2. The minimum absolute atomic E-state index is 0.168. The van der Waals surface area contributed by atoms with E-state index in [4.69, 9.17) is 9.42 Å². The van der Waals surface area contributed by atoms with E-state index in [1.165, 1.54) is 7.11 Å². The maximum atomic E-state index is 11.1. The van der Waals surface area contributed by atoms with E-state index in [0.29, 0.717) is 11.0 Å². The van der Waals surface area contributed by atoms with Crippen LogP contribution in [-0.4, -0.2) is 57.6 Å². The van der Waals surface area contributed by atoms with Gasteiger partial charge in [-0.05, 0) is 0 Å². The summed E-state index contributed by atoms with van der Waals surface area (Å²) in [5.74, 6) is 0. The third kappa shape index (κ3) is 8.62. The van der Waals surface area contributed by atoms with Gasteiger partial charge in [0, 0.05) is 7.11 Å². The quantitative estimate of drug-likeness (QED) is 0.389. The number of quaternary nitrogens is 1. The van der Waals surface area contributed by atoms with E-state index in [0.717, 1.165) is 0 Å². The summed E-state index contributed by atoms with van der Waals surface area (Å²) < 4.78 is 25.4. The Morgan fingerprint density at radius 2 is 1.86 bits per heavy atom. The molecular formula is C7H19NO5P+. The third-order valence-electron chi connectivity index (χ3n) is 1.35. The van der Waals surface area contributed by atoms with Gasteiger partial charge in [-0.1, -0.05) is 0 Å². The average Bonchev–Trinajstić information content (AvgIpc) is 1.98. The lowest BCUT2D eigenvalue weighted by Gasteiger charge is -2.23. The summed E-state index contributed by atoms with van der Waals surface area (Å²) in [7, 11) is 3.32. The second-order valence-electron chi connectivity index (χ2n) is 3.85. The number of hydrogen-bond donors (Lipinski definition) is 1. The van der Waals surface area contributed by atoms with Crippen LogP contribution in [0.1, 0.15) is 0 Å². The maximum Gasteiger partial charge on any atom is 0.474 e. The lowest BCUT2D eigenvalue weighted by Crippen LogP contribution is -2.37. The second-order valence-corrected chi connectivity index (χ2v) is 5.30. The van der Waals surface area contributed by atoms with E-state index in [1.54, 1.807) is 0 Å². The standard InChI is InChI=1S/C7H18NO5P/c1-8(2,3)5-6-12-14(9,10)13-7-11-4/h5-7H2,1-4H3/p+1. The summed E-state index contributed by atoms with van der Waals surface area (Å²) in [6, 6.07) is 0. The fourth-order valence-corrected chi connectivity index (χ4v) is 1.21. The summed E-state index contributed by atoms with van der Waals surface area (Å²) in [5, 5.41) is 0. The number of phosphoric acid groups is 1. The highest BCUT2D eigenvalue weighted by Crippen LogP contribution is 2.42. The first kappa shape index (κ1) is 14.0. The Morgan fingerprint density at radius 3 is 2.29 bits per heavy atom. The van der Waals surface area contributed by atoms with Crippen LogP contribution in [0, 0.1) is 0 Å². The van der Waals surface area contributed by atoms with Gasteiger partial charge in [-0.2, -0.15) is 0 Å². The summed E-state index contributed by atoms with van der Waals surface area (Å²) >= 11 is 0. The Bertz CT molecular complexity index is 203. The molecule has 1 atom stereocenters. The molecule has 0 amide bonds. The molecule has 0 aliphatic carbocycles. The number of ether oxygens (including phenoxy) is 1. The minimum Gasteiger partial charge on any atom is -0.358 e. The number of rotatable bonds is 7. The highest BCUT2D eigenvalue weighted by Gasteiger charge is 2.21. The number of nitrogens with zero attached hydrogens (tertiary/aromatic N) is 1. The molecule has 86 valence electrons. The van der Waals surface area contributed by atoms with Crippen molar-refractivity contribution in [1.82, 2.24) is 0 Å². The maximum absolute atomic E-state index is 11.1. The van der Waals surface area contributed by atoms with E-state index in [1.807, 2.05) is 21.1 Å². The highest BCUT2D eigenvalue weighted by molar-refractivity contribution is 7.47. The lowest BCUT2D eigenvalue weighted by atomic mass is 10.5. The van der Waals surface area contributed by atoms with Crippen molar-refractivity contribution in [2.24, 2.45) is 0 Å². The second kappa shape index (κ2) is 5.80. The van der Waals surface area contributed by atoms with E-state index in [9.17, 15) is 4.57 Å². The van der Waals surface area contributed by atoms with Crippen molar-refractivity contribution in [1.29, 1.82) is 0 Å². The summed E-state index contributed by atoms with van der Waals surface area (Å²) in [6.07, 6.45) is 0. The molecule has 0 aromatic rings. The van der Waals surface area contributed by atoms with E-state index in [2.05, 4.69) is 9.26 Å². The van der Waals surface area contributed by atoms with Crippen LogP contribution >= 0.6 is 7.82 Å². The van der Waals surface area contributed by atoms with Gasteiger partial charge >= 0.3 is 7.82 Å². The Balaban J connectivity index is 3.71. The van der Waals surface area contributed by atoms with E-state index >= 15 is 0 Å². The predicted molar refractivity (Wildman–Crippen MR) is 51.6 cm³/mol. The van der Waals surface area contributed by atoms with Crippen LogP contribution < -0.4 is 0 Å². The molecule has 0 fully saturated rings. The molecule has 0 aliphatic heterocycles. The molecule has 0 spiro atoms. The SMILES string of the molecule is COCOP(=O)(O)OCC[N+](C)(C)C. The fourth-order valence-electron chi connectivity index (χ4n) is 0.587. The smallest absolute Gasteiger partial charge is 0.358 e. The summed E-state index contributed by atoms with van der Waals surface area (Å²) in [4.78, 5) is 9.07. The molecule has 0 bridgehead atoms. The van der Waals surface area contributed by atoms with Crippen LogP contribution in [0.4, 0.5) is 0 Å². The van der Waals surface area contributed by atoms with Crippen LogP contribution in [0.25, 0.3) is 0 Å². The number of likely N-dealkylation sites (N-methyl/N-ethyl adjacent to an activating group) is 1. The zero-order valence-corrected chi connectivity index (χ0v) is 9.99. The molecule has 0 aliphatic rings. The number of phosphoric ester groups is 1. The normalized spacial score (nSPS) is 16.6. The van der Waals surface area contributed by atoms with Gasteiger partial charge in [0.2, 0.25) is 0 Å². The molecule has 1 N–H and O–H groups in total. The first-order valence-electron chi connectivity index (χ1n) is 4.18. The van der Waals surface area contributed by atoms with Gasteiger partial charge in [0.25, 0.3) is 0 Å². The Kier molecular flexibility index (Phi) is 5.81. The molecule has 7 heteroatoms. The van der Waals surface area contributed by atoms with Gasteiger partial charge in [0.15, 0.2) is 6.79 Å². The molecular weight excluding hydrogens is 209 g/mol. The van der Waals surface area contributed by atoms with Gasteiger partial charge in [-0.15, -0.1) is 0 Å². The van der Waals surface area contributed by atoms with Crippen molar-refractivity contribution in [3.63, 3.8) is 0 Å².